The zero-order valence-corrected chi connectivity index (χ0v) is 15.2. The van der Waals surface area contributed by atoms with Crippen LogP contribution in [0.1, 0.15) is 25.0 Å². The fourth-order valence-corrected chi connectivity index (χ4v) is 3.53. The molecule has 1 heterocycles. The Morgan fingerprint density at radius 2 is 1.68 bits per heavy atom. The Morgan fingerprint density at radius 3 is 2.21 bits per heavy atom. The molecule has 0 atom stereocenters. The lowest BCUT2D eigenvalue weighted by Crippen LogP contribution is -2.58. The average Bonchev–Trinajstić information content (AvgIpc) is 2.26. The summed E-state index contributed by atoms with van der Waals surface area (Å²) in [6.45, 7) is 5.70. The first-order chi connectivity index (χ1) is 8.56. The number of benzene rings is 1. The van der Waals surface area contributed by atoms with Gasteiger partial charge >= 0.3 is 0 Å². The van der Waals surface area contributed by atoms with Crippen molar-refractivity contribution >= 4 is 63.4 Å². The van der Waals surface area contributed by atoms with Crippen molar-refractivity contribution < 1.29 is 8.92 Å². The number of hydrogen-bond acceptors (Lipinski definition) is 7. The topological polar surface area (TPSA) is 18.5 Å². The van der Waals surface area contributed by atoms with Crippen molar-refractivity contribution in [3.05, 3.63) is 23.3 Å². The molecule has 0 fully saturated rings. The monoisotopic (exact) mass is 352 g/mol. The van der Waals surface area contributed by atoms with Gasteiger partial charge in [-0.2, -0.15) is 50.5 Å². The van der Waals surface area contributed by atoms with Gasteiger partial charge in [-0.25, -0.2) is 0 Å². The van der Waals surface area contributed by atoms with Crippen molar-refractivity contribution in [3.63, 3.8) is 0 Å². The molecule has 0 amide bonds. The van der Waals surface area contributed by atoms with E-state index in [-0.39, 0.29) is 0 Å². The Labute approximate surface area is 141 Å². The molecule has 0 aromatic heterocycles. The lowest BCUT2D eigenvalue weighted by atomic mass is 9.90. The first kappa shape index (κ1) is 15.9. The summed E-state index contributed by atoms with van der Waals surface area (Å²) >= 11 is 22.5. The van der Waals surface area contributed by atoms with Crippen molar-refractivity contribution in [2.75, 3.05) is 0 Å². The van der Waals surface area contributed by atoms with Crippen LogP contribution < -0.4 is 8.92 Å². The van der Waals surface area contributed by atoms with Gasteiger partial charge in [0.15, 0.2) is 11.5 Å². The van der Waals surface area contributed by atoms with Gasteiger partial charge in [-0.05, 0) is 26.3 Å². The smallest absolute Gasteiger partial charge is 0.182 e. The van der Waals surface area contributed by atoms with Gasteiger partial charge in [0.1, 0.15) is 13.8 Å². The first-order valence-corrected chi connectivity index (χ1v) is 7.75. The molecule has 0 unspecified atom stereocenters. The van der Waals surface area contributed by atoms with Crippen LogP contribution in [0.5, 0.6) is 11.5 Å². The summed E-state index contributed by atoms with van der Waals surface area (Å²) in [5.74, 6) is 1.15. The fourth-order valence-electron chi connectivity index (χ4n) is 2.08. The van der Waals surface area contributed by atoms with E-state index >= 15 is 0 Å². The summed E-state index contributed by atoms with van der Waals surface area (Å²) in [7, 11) is 0. The Bertz CT molecular complexity index is 525. The third-order valence-electron chi connectivity index (χ3n) is 3.46. The van der Waals surface area contributed by atoms with Gasteiger partial charge in [0.05, 0.1) is 0 Å². The van der Waals surface area contributed by atoms with Crippen molar-refractivity contribution in [1.29, 1.82) is 0 Å². The summed E-state index contributed by atoms with van der Waals surface area (Å²) in [6, 6.07) is 3.81. The normalized spacial score (nSPS) is 22.3. The molecule has 1 aromatic carbocycles. The van der Waals surface area contributed by atoms with Gasteiger partial charge in [0.2, 0.25) is 0 Å². The van der Waals surface area contributed by atoms with E-state index in [0.717, 1.165) is 11.1 Å². The summed E-state index contributed by atoms with van der Waals surface area (Å²) in [5.41, 5.74) is 0.982. The van der Waals surface area contributed by atoms with Crippen molar-refractivity contribution in [1.82, 2.24) is 0 Å². The second-order valence-electron chi connectivity index (χ2n) is 5.14. The van der Waals surface area contributed by atoms with Crippen LogP contribution in [-0.4, -0.2) is 9.68 Å². The highest BCUT2D eigenvalue weighted by Gasteiger charge is 2.59. The van der Waals surface area contributed by atoms with E-state index in [9.17, 15) is 0 Å². The Balaban J connectivity index is 2.77. The Kier molecular flexibility index (Phi) is 4.03. The average molecular weight is 353 g/mol. The standard InChI is InChI=1S/C12H16O2S5/c1-6-4-5-7-9(8(6)14-19)13-10(2,3)12(17,18)11(7,15)16/h4-5,15-19H,1-3H3. The van der Waals surface area contributed by atoms with Crippen LogP contribution >= 0.6 is 63.4 Å². The molecule has 1 aromatic rings. The maximum absolute atomic E-state index is 6.05. The molecule has 0 saturated heterocycles. The number of hydrogen-bond donors (Lipinski definition) is 5. The van der Waals surface area contributed by atoms with Crippen LogP contribution in [0.25, 0.3) is 0 Å². The number of thiol groups is 5. The molecule has 0 bridgehead atoms. The zero-order valence-electron chi connectivity index (χ0n) is 10.7. The first-order valence-electron chi connectivity index (χ1n) is 5.60. The van der Waals surface area contributed by atoms with E-state index in [2.05, 4.69) is 63.4 Å². The molecule has 0 N–H and O–H groups in total. The largest absolute Gasteiger partial charge is 0.481 e. The minimum atomic E-state index is -0.898. The minimum absolute atomic E-state index is 0.568. The molecule has 0 spiro atoms. The quantitative estimate of drug-likeness (QED) is 0.299. The van der Waals surface area contributed by atoms with Crippen molar-refractivity contribution in [3.8, 4) is 11.5 Å². The second-order valence-corrected chi connectivity index (χ2v) is 8.71. The molecular formula is C12H16O2S5. The van der Waals surface area contributed by atoms with E-state index in [1.54, 1.807) is 0 Å². The highest BCUT2D eigenvalue weighted by molar-refractivity contribution is 8.07. The highest BCUT2D eigenvalue weighted by Crippen LogP contribution is 2.62. The second kappa shape index (κ2) is 4.80. The predicted molar refractivity (Wildman–Crippen MR) is 95.9 cm³/mol. The number of ether oxygens (including phenoxy) is 1. The van der Waals surface area contributed by atoms with E-state index in [1.807, 2.05) is 32.9 Å². The molecule has 19 heavy (non-hydrogen) atoms. The molecule has 2 rings (SSSR count). The van der Waals surface area contributed by atoms with Crippen LogP contribution in [0.15, 0.2) is 12.1 Å². The highest BCUT2D eigenvalue weighted by atomic mass is 32.2. The third kappa shape index (κ3) is 2.16. The van der Waals surface area contributed by atoms with Crippen LogP contribution in [0.2, 0.25) is 0 Å². The molecule has 1 aliphatic rings. The maximum Gasteiger partial charge on any atom is 0.182 e. The van der Waals surface area contributed by atoms with Crippen LogP contribution in [-0.2, 0) is 4.08 Å². The van der Waals surface area contributed by atoms with Gasteiger partial charge in [-0.15, -0.1) is 0 Å². The molecule has 7 heteroatoms. The van der Waals surface area contributed by atoms with Gasteiger partial charge in [-0.1, -0.05) is 12.1 Å². The molecule has 0 saturated carbocycles. The van der Waals surface area contributed by atoms with E-state index < -0.39 is 13.8 Å². The molecule has 0 aliphatic carbocycles. The third-order valence-corrected chi connectivity index (χ3v) is 7.25. The van der Waals surface area contributed by atoms with Gasteiger partial charge in [0, 0.05) is 18.5 Å². The molecular weight excluding hydrogens is 336 g/mol. The van der Waals surface area contributed by atoms with E-state index in [1.165, 1.54) is 0 Å². The number of aryl methyl sites for hydroxylation is 1. The summed E-state index contributed by atoms with van der Waals surface area (Å²) in [4.78, 5) is 0. The molecule has 1 aliphatic heterocycles. The maximum atomic E-state index is 6.05. The van der Waals surface area contributed by atoms with Gasteiger partial charge in [0.25, 0.3) is 0 Å². The summed E-state index contributed by atoms with van der Waals surface area (Å²) < 4.78 is 9.41. The van der Waals surface area contributed by atoms with Crippen LogP contribution in [0.3, 0.4) is 0 Å². The minimum Gasteiger partial charge on any atom is -0.481 e. The molecule has 0 radical (unpaired) electrons. The fraction of sp³-hybridized carbons (Fsp3) is 0.500. The molecule has 106 valence electrons. The zero-order chi connectivity index (χ0) is 14.6. The van der Waals surface area contributed by atoms with Gasteiger partial charge < -0.3 is 8.92 Å². The SMILES string of the molecule is Cc1ccc2c(c1OS)OC(C)(C)C(S)(S)C2(S)S. The Morgan fingerprint density at radius 1 is 1.11 bits per heavy atom. The molecule has 2 nitrogen and oxygen atoms in total. The van der Waals surface area contributed by atoms with Crippen molar-refractivity contribution in [2.45, 2.75) is 34.5 Å². The van der Waals surface area contributed by atoms with E-state index in [4.69, 9.17) is 8.92 Å². The number of rotatable bonds is 1. The van der Waals surface area contributed by atoms with E-state index in [0.29, 0.717) is 11.5 Å². The van der Waals surface area contributed by atoms with Crippen molar-refractivity contribution in [2.24, 2.45) is 0 Å². The number of fused-ring (bicyclic) bond motifs is 1. The lowest BCUT2D eigenvalue weighted by molar-refractivity contribution is 0.0740. The predicted octanol–water partition coefficient (Wildman–Crippen LogP) is 3.96. The van der Waals surface area contributed by atoms with Crippen LogP contribution in [0.4, 0.5) is 0 Å². The summed E-state index contributed by atoms with van der Waals surface area (Å²) in [6.07, 6.45) is 0. The Hall–Kier alpha value is 0.570. The van der Waals surface area contributed by atoms with Crippen LogP contribution in [0, 0.1) is 6.92 Å². The summed E-state index contributed by atoms with van der Waals surface area (Å²) in [5, 5.41) is 0. The lowest BCUT2D eigenvalue weighted by Gasteiger charge is -2.52. The van der Waals surface area contributed by atoms with Gasteiger partial charge in [-0.3, -0.25) is 0 Å².